The molecular weight excluding hydrogens is 300 g/mol. The summed E-state index contributed by atoms with van der Waals surface area (Å²) in [5, 5.41) is 8.96. The van der Waals surface area contributed by atoms with Gasteiger partial charge >= 0.3 is 5.97 Å². The predicted molar refractivity (Wildman–Crippen MR) is 75.2 cm³/mol. The van der Waals surface area contributed by atoms with Crippen molar-refractivity contribution in [3.8, 4) is 0 Å². The number of sulfonamides is 1. The molecule has 0 aromatic heterocycles. The van der Waals surface area contributed by atoms with E-state index < -0.39 is 27.8 Å². The van der Waals surface area contributed by atoms with E-state index >= 15 is 0 Å². The Kier molecular flexibility index (Phi) is 7.06. The van der Waals surface area contributed by atoms with E-state index in [0.717, 1.165) is 0 Å². The van der Waals surface area contributed by atoms with E-state index in [1.807, 2.05) is 0 Å². The third-order valence-corrected chi connectivity index (χ3v) is 4.74. The lowest BCUT2D eigenvalue weighted by Crippen LogP contribution is -2.46. The van der Waals surface area contributed by atoms with Crippen molar-refractivity contribution >= 4 is 21.9 Å². The van der Waals surface area contributed by atoms with E-state index in [4.69, 9.17) is 9.84 Å². The van der Waals surface area contributed by atoms with Crippen molar-refractivity contribution in [2.24, 2.45) is 5.92 Å². The Morgan fingerprint density at radius 3 is 2.76 bits per heavy atom. The predicted octanol–water partition coefficient (Wildman–Crippen LogP) is -0.734. The summed E-state index contributed by atoms with van der Waals surface area (Å²) >= 11 is 0. The molecule has 0 aromatic carbocycles. The Morgan fingerprint density at radius 2 is 2.14 bits per heavy atom. The van der Waals surface area contributed by atoms with Crippen LogP contribution >= 0.6 is 0 Å². The summed E-state index contributed by atoms with van der Waals surface area (Å²) in [5.74, 6) is -1.99. The van der Waals surface area contributed by atoms with E-state index in [1.54, 1.807) is 0 Å². The number of amides is 1. The smallest absolute Gasteiger partial charge is 0.308 e. The molecule has 9 heteroatoms. The molecule has 1 saturated heterocycles. The van der Waals surface area contributed by atoms with E-state index in [-0.39, 0.29) is 18.8 Å². The van der Waals surface area contributed by atoms with Gasteiger partial charge in [0.1, 0.15) is 0 Å². The molecule has 0 spiro atoms. The highest BCUT2D eigenvalue weighted by atomic mass is 32.2. The van der Waals surface area contributed by atoms with Gasteiger partial charge in [0.05, 0.1) is 18.2 Å². The molecular formula is C12H22N2O6S. The summed E-state index contributed by atoms with van der Waals surface area (Å²) < 4.78 is 30.3. The maximum absolute atomic E-state index is 11.9. The van der Waals surface area contributed by atoms with Gasteiger partial charge in [0.25, 0.3) is 0 Å². The first-order valence-corrected chi connectivity index (χ1v) is 8.48. The average molecular weight is 322 g/mol. The number of nitrogens with one attached hydrogen (secondary N) is 1. The van der Waals surface area contributed by atoms with Gasteiger partial charge in [-0.3, -0.25) is 9.59 Å². The van der Waals surface area contributed by atoms with Crippen LogP contribution in [-0.2, 0) is 24.3 Å². The second-order valence-electron chi connectivity index (χ2n) is 5.00. The number of ether oxygens (including phenoxy) is 1. The first kappa shape index (κ1) is 17.9. The number of hydrogen-bond donors (Lipinski definition) is 2. The number of carbonyl (C=O) groups excluding carboxylic acids is 1. The molecule has 0 saturated carbocycles. The zero-order chi connectivity index (χ0) is 15.9. The molecule has 0 radical (unpaired) electrons. The van der Waals surface area contributed by atoms with Crippen LogP contribution in [0.3, 0.4) is 0 Å². The minimum absolute atomic E-state index is 0.105. The van der Waals surface area contributed by atoms with Crippen LogP contribution in [-0.4, -0.2) is 69.4 Å². The molecule has 8 nitrogen and oxygen atoms in total. The molecule has 0 unspecified atom stereocenters. The SMILES string of the molecule is COCCCS(=O)(=O)NCC(=O)N1CCC[C@H](C(=O)O)C1. The summed E-state index contributed by atoms with van der Waals surface area (Å²) in [6.45, 7) is 0.608. The van der Waals surface area contributed by atoms with E-state index in [2.05, 4.69) is 4.72 Å². The summed E-state index contributed by atoms with van der Waals surface area (Å²) in [6.07, 6.45) is 1.51. The van der Waals surface area contributed by atoms with Crippen molar-refractivity contribution in [3.05, 3.63) is 0 Å². The van der Waals surface area contributed by atoms with Gasteiger partial charge in [-0.1, -0.05) is 0 Å². The summed E-state index contributed by atoms with van der Waals surface area (Å²) in [4.78, 5) is 24.3. The van der Waals surface area contributed by atoms with Gasteiger partial charge in [-0.15, -0.1) is 0 Å². The fraction of sp³-hybridized carbons (Fsp3) is 0.833. The molecule has 1 aliphatic rings. The van der Waals surface area contributed by atoms with Crippen molar-refractivity contribution in [3.63, 3.8) is 0 Å². The van der Waals surface area contributed by atoms with Crippen molar-refractivity contribution in [2.75, 3.05) is 39.1 Å². The van der Waals surface area contributed by atoms with Crippen LogP contribution in [0.1, 0.15) is 19.3 Å². The third-order valence-electron chi connectivity index (χ3n) is 3.33. The number of carboxylic acid groups (broad SMARTS) is 1. The normalized spacial score (nSPS) is 19.5. The molecule has 0 aliphatic carbocycles. The van der Waals surface area contributed by atoms with Gasteiger partial charge in [-0.25, -0.2) is 13.1 Å². The lowest BCUT2D eigenvalue weighted by molar-refractivity contribution is -0.145. The van der Waals surface area contributed by atoms with Crippen LogP contribution in [0.25, 0.3) is 0 Å². The van der Waals surface area contributed by atoms with Gasteiger partial charge in [0, 0.05) is 26.8 Å². The monoisotopic (exact) mass is 322 g/mol. The number of carbonyl (C=O) groups is 2. The number of likely N-dealkylation sites (tertiary alicyclic amines) is 1. The van der Waals surface area contributed by atoms with Crippen molar-refractivity contribution in [1.82, 2.24) is 9.62 Å². The van der Waals surface area contributed by atoms with Crippen LogP contribution in [0.5, 0.6) is 0 Å². The molecule has 1 amide bonds. The number of aliphatic carboxylic acids is 1. The van der Waals surface area contributed by atoms with E-state index in [1.165, 1.54) is 12.0 Å². The summed E-state index contributed by atoms with van der Waals surface area (Å²) in [5.41, 5.74) is 0. The third kappa shape index (κ3) is 6.40. The first-order valence-electron chi connectivity index (χ1n) is 6.82. The van der Waals surface area contributed by atoms with Crippen molar-refractivity contribution in [1.29, 1.82) is 0 Å². The fourth-order valence-corrected chi connectivity index (χ4v) is 3.14. The second-order valence-corrected chi connectivity index (χ2v) is 6.93. The Labute approximate surface area is 124 Å². The van der Waals surface area contributed by atoms with Crippen LogP contribution in [0.15, 0.2) is 0 Å². The Morgan fingerprint density at radius 1 is 1.43 bits per heavy atom. The molecule has 1 aliphatic heterocycles. The molecule has 2 N–H and O–H groups in total. The van der Waals surface area contributed by atoms with Gasteiger partial charge in [0.15, 0.2) is 0 Å². The number of carboxylic acids is 1. The van der Waals surface area contributed by atoms with Crippen LogP contribution in [0.4, 0.5) is 0 Å². The maximum atomic E-state index is 11.9. The minimum atomic E-state index is -3.51. The maximum Gasteiger partial charge on any atom is 0.308 e. The van der Waals surface area contributed by atoms with Crippen LogP contribution in [0, 0.1) is 5.92 Å². The Bertz CT molecular complexity index is 464. The topological polar surface area (TPSA) is 113 Å². The quantitative estimate of drug-likeness (QED) is 0.569. The van der Waals surface area contributed by atoms with Gasteiger partial charge in [-0.05, 0) is 19.3 Å². The molecule has 1 fully saturated rings. The van der Waals surface area contributed by atoms with Crippen LogP contribution in [0.2, 0.25) is 0 Å². The molecule has 1 rings (SSSR count). The number of methoxy groups -OCH3 is 1. The Balaban J connectivity index is 2.40. The van der Waals surface area contributed by atoms with Crippen molar-refractivity contribution in [2.45, 2.75) is 19.3 Å². The second kappa shape index (κ2) is 8.30. The lowest BCUT2D eigenvalue weighted by Gasteiger charge is -2.30. The first-order chi connectivity index (χ1) is 9.85. The van der Waals surface area contributed by atoms with Crippen LogP contribution < -0.4 is 4.72 Å². The van der Waals surface area contributed by atoms with E-state index in [0.29, 0.717) is 32.4 Å². The molecule has 0 aromatic rings. The average Bonchev–Trinajstić information content (AvgIpc) is 2.45. The van der Waals surface area contributed by atoms with Gasteiger partial charge in [-0.2, -0.15) is 0 Å². The largest absolute Gasteiger partial charge is 0.481 e. The highest BCUT2D eigenvalue weighted by Gasteiger charge is 2.28. The number of piperidine rings is 1. The van der Waals surface area contributed by atoms with Crippen molar-refractivity contribution < 1.29 is 27.9 Å². The summed E-state index contributed by atoms with van der Waals surface area (Å²) in [7, 11) is -2.03. The molecule has 122 valence electrons. The number of hydrogen-bond acceptors (Lipinski definition) is 5. The molecule has 1 heterocycles. The summed E-state index contributed by atoms with van der Waals surface area (Å²) in [6, 6.07) is 0. The van der Waals surface area contributed by atoms with E-state index in [9.17, 15) is 18.0 Å². The molecule has 21 heavy (non-hydrogen) atoms. The Hall–Kier alpha value is -1.19. The molecule has 0 bridgehead atoms. The minimum Gasteiger partial charge on any atom is -0.481 e. The lowest BCUT2D eigenvalue weighted by atomic mass is 9.98. The molecule has 1 atom stereocenters. The fourth-order valence-electron chi connectivity index (χ4n) is 2.15. The standard InChI is InChI=1S/C12H22N2O6S/c1-20-6-3-7-21(18,19)13-8-11(15)14-5-2-4-10(9-14)12(16)17/h10,13H,2-9H2,1H3,(H,16,17)/t10-/m0/s1. The zero-order valence-electron chi connectivity index (χ0n) is 12.1. The zero-order valence-corrected chi connectivity index (χ0v) is 12.9. The number of rotatable bonds is 8. The number of nitrogens with zero attached hydrogens (tertiary/aromatic N) is 1. The highest BCUT2D eigenvalue weighted by Crippen LogP contribution is 2.16. The van der Waals surface area contributed by atoms with Gasteiger partial charge in [0.2, 0.25) is 15.9 Å². The highest BCUT2D eigenvalue weighted by molar-refractivity contribution is 7.89. The van der Waals surface area contributed by atoms with Gasteiger partial charge < -0.3 is 14.7 Å².